The van der Waals surface area contributed by atoms with Gasteiger partial charge in [-0.05, 0) is 80.9 Å². The third-order valence-corrected chi connectivity index (χ3v) is 6.63. The summed E-state index contributed by atoms with van der Waals surface area (Å²) in [5.74, 6) is 1.69. The van der Waals surface area contributed by atoms with Crippen molar-refractivity contribution in [2.75, 3.05) is 0 Å². The second kappa shape index (κ2) is 5.62. The smallest absolute Gasteiger partial charge is 0.339 e. The van der Waals surface area contributed by atoms with Gasteiger partial charge in [-0.2, -0.15) is 0 Å². The highest BCUT2D eigenvalue weighted by molar-refractivity contribution is 5.84. The molecule has 1 aliphatic heterocycles. The van der Waals surface area contributed by atoms with Gasteiger partial charge in [0.2, 0.25) is 0 Å². The molecule has 1 saturated carbocycles. The molecule has 0 unspecified atom stereocenters. The molecule has 3 nitrogen and oxygen atoms in total. The molecule has 0 N–H and O–H groups in total. The van der Waals surface area contributed by atoms with Gasteiger partial charge in [0.05, 0.1) is 0 Å². The van der Waals surface area contributed by atoms with Crippen LogP contribution in [0.4, 0.5) is 0 Å². The summed E-state index contributed by atoms with van der Waals surface area (Å²) in [5, 5.41) is 1.14. The van der Waals surface area contributed by atoms with Crippen molar-refractivity contribution in [3.05, 3.63) is 39.2 Å². The molecule has 0 amide bonds. The Bertz CT molecular complexity index is 894. The zero-order valence-corrected chi connectivity index (χ0v) is 15.0. The van der Waals surface area contributed by atoms with E-state index in [2.05, 4.69) is 13.0 Å². The summed E-state index contributed by atoms with van der Waals surface area (Å²) >= 11 is 0. The fourth-order valence-corrected chi connectivity index (χ4v) is 5.38. The van der Waals surface area contributed by atoms with Gasteiger partial charge in [0.15, 0.2) is 0 Å². The fraction of sp³-hybridized carbons (Fsp3) is 0.591. The summed E-state index contributed by atoms with van der Waals surface area (Å²) in [5.41, 5.74) is 4.01. The Labute approximate surface area is 148 Å². The lowest BCUT2D eigenvalue weighted by Crippen LogP contribution is -2.43. The Balaban J connectivity index is 1.61. The number of hydrogen-bond acceptors (Lipinski definition) is 3. The predicted molar refractivity (Wildman–Crippen MR) is 98.4 cm³/mol. The summed E-state index contributed by atoms with van der Waals surface area (Å²) in [4.78, 5) is 12.4. The third-order valence-electron chi connectivity index (χ3n) is 6.63. The van der Waals surface area contributed by atoms with Crippen LogP contribution in [0.5, 0.6) is 5.75 Å². The SMILES string of the molecule is C[C@@H]1CCC[C@@]2(CCc3cc4c5c(c(=O)oc4cc3O2)CCCC5)C1. The number of ether oxygens (including phenoxy) is 1. The molecule has 0 saturated heterocycles. The van der Waals surface area contributed by atoms with Gasteiger partial charge in [-0.25, -0.2) is 4.79 Å². The Morgan fingerprint density at radius 1 is 1.04 bits per heavy atom. The van der Waals surface area contributed by atoms with E-state index in [4.69, 9.17) is 9.15 Å². The van der Waals surface area contributed by atoms with Crippen LogP contribution in [0.25, 0.3) is 11.0 Å². The van der Waals surface area contributed by atoms with Crippen molar-refractivity contribution in [2.45, 2.75) is 76.7 Å². The summed E-state index contributed by atoms with van der Waals surface area (Å²) in [6.07, 6.45) is 11.2. The van der Waals surface area contributed by atoms with Crippen LogP contribution >= 0.6 is 0 Å². The van der Waals surface area contributed by atoms with E-state index in [0.29, 0.717) is 5.58 Å². The average Bonchev–Trinajstić information content (AvgIpc) is 2.60. The van der Waals surface area contributed by atoms with Crippen LogP contribution in [0.1, 0.15) is 68.6 Å². The minimum atomic E-state index is -0.140. The molecule has 2 heterocycles. The van der Waals surface area contributed by atoms with Crippen LogP contribution in [-0.4, -0.2) is 5.60 Å². The maximum Gasteiger partial charge on any atom is 0.339 e. The molecule has 1 aromatic heterocycles. The third kappa shape index (κ3) is 2.51. The van der Waals surface area contributed by atoms with Gasteiger partial charge < -0.3 is 9.15 Å². The van der Waals surface area contributed by atoms with Gasteiger partial charge in [-0.3, -0.25) is 0 Å². The van der Waals surface area contributed by atoms with E-state index >= 15 is 0 Å². The molecule has 1 aromatic carbocycles. The van der Waals surface area contributed by atoms with Crippen LogP contribution < -0.4 is 10.4 Å². The van der Waals surface area contributed by atoms with E-state index in [1.165, 1.54) is 30.4 Å². The second-order valence-electron chi connectivity index (χ2n) is 8.50. The average molecular weight is 338 g/mol. The van der Waals surface area contributed by atoms with Crippen molar-refractivity contribution in [1.82, 2.24) is 0 Å². The monoisotopic (exact) mass is 338 g/mol. The largest absolute Gasteiger partial charge is 0.487 e. The van der Waals surface area contributed by atoms with E-state index in [1.807, 2.05) is 6.07 Å². The lowest BCUT2D eigenvalue weighted by atomic mass is 9.74. The highest BCUT2D eigenvalue weighted by Crippen LogP contribution is 2.45. The summed E-state index contributed by atoms with van der Waals surface area (Å²) in [6.45, 7) is 2.34. The van der Waals surface area contributed by atoms with Crippen LogP contribution in [-0.2, 0) is 19.3 Å². The lowest BCUT2D eigenvalue weighted by molar-refractivity contribution is -0.00579. The van der Waals surface area contributed by atoms with Gasteiger partial charge in [-0.1, -0.05) is 13.3 Å². The quantitative estimate of drug-likeness (QED) is 0.638. The molecule has 1 spiro atoms. The van der Waals surface area contributed by atoms with Crippen LogP contribution in [0.2, 0.25) is 0 Å². The van der Waals surface area contributed by atoms with E-state index < -0.39 is 0 Å². The van der Waals surface area contributed by atoms with Gasteiger partial charge >= 0.3 is 5.63 Å². The molecular weight excluding hydrogens is 312 g/mol. The van der Waals surface area contributed by atoms with E-state index in [9.17, 15) is 4.79 Å². The maximum absolute atomic E-state index is 12.4. The number of rotatable bonds is 0. The Hall–Kier alpha value is -1.77. The van der Waals surface area contributed by atoms with Crippen molar-refractivity contribution in [3.63, 3.8) is 0 Å². The van der Waals surface area contributed by atoms with Crippen molar-refractivity contribution in [3.8, 4) is 5.75 Å². The number of fused-ring (bicyclic) bond motifs is 4. The molecule has 3 heteroatoms. The van der Waals surface area contributed by atoms with Crippen LogP contribution in [0, 0.1) is 5.92 Å². The molecule has 2 atom stereocenters. The predicted octanol–water partition coefficient (Wildman–Crippen LogP) is 4.95. The molecule has 3 aliphatic rings. The molecule has 25 heavy (non-hydrogen) atoms. The Morgan fingerprint density at radius 3 is 2.72 bits per heavy atom. The minimum absolute atomic E-state index is 0.00679. The Morgan fingerprint density at radius 2 is 1.88 bits per heavy atom. The van der Waals surface area contributed by atoms with Gasteiger partial charge in [0, 0.05) is 17.0 Å². The first kappa shape index (κ1) is 15.5. The van der Waals surface area contributed by atoms with Crippen molar-refractivity contribution in [1.29, 1.82) is 0 Å². The van der Waals surface area contributed by atoms with Gasteiger partial charge in [-0.15, -0.1) is 0 Å². The van der Waals surface area contributed by atoms with Gasteiger partial charge in [0.1, 0.15) is 16.9 Å². The minimum Gasteiger partial charge on any atom is -0.487 e. The van der Waals surface area contributed by atoms with Crippen molar-refractivity contribution >= 4 is 11.0 Å². The molecule has 0 radical (unpaired) electrons. The Kier molecular flexibility index (Phi) is 3.48. The molecule has 1 fully saturated rings. The number of benzene rings is 1. The molecular formula is C22H26O3. The highest BCUT2D eigenvalue weighted by atomic mass is 16.5. The molecule has 132 valence electrons. The van der Waals surface area contributed by atoms with Gasteiger partial charge in [0.25, 0.3) is 0 Å². The lowest BCUT2D eigenvalue weighted by Gasteiger charge is -2.43. The summed E-state index contributed by atoms with van der Waals surface area (Å²) in [7, 11) is 0. The number of hydrogen-bond donors (Lipinski definition) is 0. The maximum atomic E-state index is 12.4. The van der Waals surface area contributed by atoms with E-state index in [1.54, 1.807) is 0 Å². The highest BCUT2D eigenvalue weighted by Gasteiger charge is 2.40. The zero-order chi connectivity index (χ0) is 17.0. The van der Waals surface area contributed by atoms with Crippen molar-refractivity contribution in [2.24, 2.45) is 5.92 Å². The standard InChI is InChI=1S/C22H26O3/c1-14-5-4-9-22(13-14)10-8-15-11-18-16-6-2-3-7-17(16)21(23)24-20(18)12-19(15)25-22/h11-12,14H,2-10,13H2,1H3/t14-,22-/m1/s1. The molecule has 0 bridgehead atoms. The fourth-order valence-electron chi connectivity index (χ4n) is 5.38. The summed E-state index contributed by atoms with van der Waals surface area (Å²) in [6, 6.07) is 4.25. The topological polar surface area (TPSA) is 39.4 Å². The first-order chi connectivity index (χ1) is 12.1. The normalized spacial score (nSPS) is 28.4. The van der Waals surface area contributed by atoms with E-state index in [0.717, 1.165) is 67.6 Å². The zero-order valence-electron chi connectivity index (χ0n) is 15.0. The molecule has 2 aromatic rings. The molecule has 5 rings (SSSR count). The molecule has 2 aliphatic carbocycles. The first-order valence-corrected chi connectivity index (χ1v) is 9.94. The van der Waals surface area contributed by atoms with Crippen LogP contribution in [0.15, 0.2) is 21.3 Å². The van der Waals surface area contributed by atoms with Crippen LogP contribution in [0.3, 0.4) is 0 Å². The first-order valence-electron chi connectivity index (χ1n) is 9.94. The second-order valence-corrected chi connectivity index (χ2v) is 8.50. The number of aryl methyl sites for hydroxylation is 2. The van der Waals surface area contributed by atoms with E-state index in [-0.39, 0.29) is 11.2 Å². The summed E-state index contributed by atoms with van der Waals surface area (Å²) < 4.78 is 12.2. The van der Waals surface area contributed by atoms with Crippen molar-refractivity contribution < 1.29 is 9.15 Å².